The zero-order valence-corrected chi connectivity index (χ0v) is 11.7. The molecule has 2 bridgehead atoms. The lowest BCUT2D eigenvalue weighted by molar-refractivity contribution is 0.282. The Labute approximate surface area is 112 Å². The molecule has 0 radical (unpaired) electrons. The van der Waals surface area contributed by atoms with E-state index in [4.69, 9.17) is 4.98 Å². The average molecular weight is 257 g/mol. The van der Waals surface area contributed by atoms with Crippen LogP contribution in [0.3, 0.4) is 0 Å². The van der Waals surface area contributed by atoms with Crippen molar-refractivity contribution in [2.45, 2.75) is 50.9 Å². The quantitative estimate of drug-likeness (QED) is 0.745. The van der Waals surface area contributed by atoms with Crippen LogP contribution in [0, 0.1) is 5.41 Å². The summed E-state index contributed by atoms with van der Waals surface area (Å²) in [6, 6.07) is 8.60. The summed E-state index contributed by atoms with van der Waals surface area (Å²) < 4.78 is 1.36. The van der Waals surface area contributed by atoms with Gasteiger partial charge in [-0.05, 0) is 49.7 Å². The van der Waals surface area contributed by atoms with E-state index < -0.39 is 0 Å². The predicted molar refractivity (Wildman–Crippen MR) is 77.1 cm³/mol. The summed E-state index contributed by atoms with van der Waals surface area (Å²) >= 11 is 1.94. The van der Waals surface area contributed by atoms with Crippen molar-refractivity contribution in [3.8, 4) is 0 Å². The number of aromatic nitrogens is 1. The highest BCUT2D eigenvalue weighted by atomic mass is 32.1. The highest BCUT2D eigenvalue weighted by Crippen LogP contribution is 2.64. The molecule has 4 rings (SSSR count). The Bertz CT molecular complexity index is 557. The maximum absolute atomic E-state index is 4.95. The van der Waals surface area contributed by atoms with Crippen molar-refractivity contribution < 1.29 is 0 Å². The van der Waals surface area contributed by atoms with Crippen LogP contribution in [0.5, 0.6) is 0 Å². The van der Waals surface area contributed by atoms with Gasteiger partial charge in [0.05, 0.1) is 10.2 Å². The number of para-hydroxylation sites is 1. The van der Waals surface area contributed by atoms with Crippen LogP contribution in [0.25, 0.3) is 10.2 Å². The lowest BCUT2D eigenvalue weighted by atomic mass is 9.81. The van der Waals surface area contributed by atoms with E-state index in [2.05, 4.69) is 31.2 Å². The van der Waals surface area contributed by atoms with E-state index in [1.165, 1.54) is 53.7 Å². The van der Waals surface area contributed by atoms with Gasteiger partial charge in [0, 0.05) is 5.41 Å². The van der Waals surface area contributed by atoms with E-state index in [1.807, 2.05) is 11.3 Å². The molecule has 0 N–H and O–H groups in total. The fraction of sp³-hybridized carbons (Fsp3) is 0.562. The topological polar surface area (TPSA) is 12.9 Å². The first-order chi connectivity index (χ1) is 8.75. The molecule has 0 unspecified atom stereocenters. The third-order valence-electron chi connectivity index (χ3n) is 5.48. The lowest BCUT2D eigenvalue weighted by Gasteiger charge is -2.25. The fourth-order valence-corrected chi connectivity index (χ4v) is 5.41. The highest BCUT2D eigenvalue weighted by molar-refractivity contribution is 7.18. The SMILES string of the molecule is CCC12CCC(c3nc4ccccc4s3)(CC1)C2. The van der Waals surface area contributed by atoms with Crippen molar-refractivity contribution in [2.24, 2.45) is 5.41 Å². The van der Waals surface area contributed by atoms with Gasteiger partial charge in [0.1, 0.15) is 5.01 Å². The number of hydrogen-bond donors (Lipinski definition) is 0. The van der Waals surface area contributed by atoms with Crippen LogP contribution in [-0.4, -0.2) is 4.98 Å². The van der Waals surface area contributed by atoms with Gasteiger partial charge >= 0.3 is 0 Å². The van der Waals surface area contributed by atoms with Gasteiger partial charge in [-0.1, -0.05) is 25.5 Å². The van der Waals surface area contributed by atoms with E-state index in [0.717, 1.165) is 0 Å². The Morgan fingerprint density at radius 1 is 1.17 bits per heavy atom. The van der Waals surface area contributed by atoms with Crippen LogP contribution in [0.15, 0.2) is 24.3 Å². The summed E-state index contributed by atoms with van der Waals surface area (Å²) in [6.07, 6.45) is 8.37. The Balaban J connectivity index is 1.79. The molecular weight excluding hydrogens is 238 g/mol. The van der Waals surface area contributed by atoms with Gasteiger partial charge in [0.25, 0.3) is 0 Å². The molecule has 2 fully saturated rings. The number of nitrogens with zero attached hydrogens (tertiary/aromatic N) is 1. The Kier molecular flexibility index (Phi) is 2.18. The highest BCUT2D eigenvalue weighted by Gasteiger charge is 2.55. The number of benzene rings is 1. The van der Waals surface area contributed by atoms with Gasteiger partial charge in [-0.3, -0.25) is 0 Å². The van der Waals surface area contributed by atoms with Gasteiger partial charge in [-0.2, -0.15) is 0 Å². The van der Waals surface area contributed by atoms with E-state index in [1.54, 1.807) is 0 Å². The van der Waals surface area contributed by atoms with Crippen molar-refractivity contribution in [3.05, 3.63) is 29.3 Å². The molecule has 0 aliphatic heterocycles. The first-order valence-electron chi connectivity index (χ1n) is 7.11. The molecule has 2 aliphatic carbocycles. The maximum Gasteiger partial charge on any atom is 0.100 e. The predicted octanol–water partition coefficient (Wildman–Crippen LogP) is 4.91. The standard InChI is InChI=1S/C16H19NS/c1-2-15-7-9-16(11-15,10-8-15)14-17-12-5-3-4-6-13(12)18-14/h3-6H,2,7-11H2,1H3. The van der Waals surface area contributed by atoms with Crippen LogP contribution >= 0.6 is 11.3 Å². The molecule has 2 aromatic rings. The number of rotatable bonds is 2. The molecule has 0 amide bonds. The first-order valence-corrected chi connectivity index (χ1v) is 7.93. The Hall–Kier alpha value is -0.890. The van der Waals surface area contributed by atoms with Gasteiger partial charge in [0.2, 0.25) is 0 Å². The zero-order chi connectivity index (χ0) is 12.2. The van der Waals surface area contributed by atoms with Gasteiger partial charge < -0.3 is 0 Å². The van der Waals surface area contributed by atoms with Crippen LogP contribution in [0.4, 0.5) is 0 Å². The van der Waals surface area contributed by atoms with Gasteiger partial charge in [-0.25, -0.2) is 4.98 Å². The van der Waals surface area contributed by atoms with E-state index >= 15 is 0 Å². The molecule has 1 heterocycles. The molecule has 1 nitrogen and oxygen atoms in total. The maximum atomic E-state index is 4.95. The van der Waals surface area contributed by atoms with Crippen molar-refractivity contribution in [3.63, 3.8) is 0 Å². The molecule has 2 heteroatoms. The molecule has 0 atom stereocenters. The van der Waals surface area contributed by atoms with Crippen molar-refractivity contribution in [1.82, 2.24) is 4.98 Å². The molecule has 94 valence electrons. The van der Waals surface area contributed by atoms with Crippen LogP contribution < -0.4 is 0 Å². The van der Waals surface area contributed by atoms with Crippen LogP contribution in [0.2, 0.25) is 0 Å². The average Bonchev–Trinajstić information content (AvgIpc) is 3.10. The zero-order valence-electron chi connectivity index (χ0n) is 10.9. The normalized spacial score (nSPS) is 34.5. The first kappa shape index (κ1) is 11.0. The van der Waals surface area contributed by atoms with E-state index in [-0.39, 0.29) is 0 Å². The second kappa shape index (κ2) is 3.57. The van der Waals surface area contributed by atoms with Crippen LogP contribution in [0.1, 0.15) is 50.5 Å². The van der Waals surface area contributed by atoms with Crippen molar-refractivity contribution in [1.29, 1.82) is 0 Å². The molecule has 1 aromatic carbocycles. The number of thiazole rings is 1. The second-order valence-electron chi connectivity index (χ2n) is 6.30. The minimum Gasteiger partial charge on any atom is -0.241 e. The third kappa shape index (κ3) is 1.36. The molecule has 0 saturated heterocycles. The fourth-order valence-electron chi connectivity index (χ4n) is 4.20. The molecule has 2 aliphatic rings. The smallest absolute Gasteiger partial charge is 0.100 e. The molecular formula is C16H19NS. The minimum absolute atomic E-state index is 0.444. The second-order valence-corrected chi connectivity index (χ2v) is 7.33. The molecule has 18 heavy (non-hydrogen) atoms. The summed E-state index contributed by atoms with van der Waals surface area (Å²) in [5.41, 5.74) is 2.31. The van der Waals surface area contributed by atoms with E-state index in [0.29, 0.717) is 10.8 Å². The minimum atomic E-state index is 0.444. The Morgan fingerprint density at radius 2 is 1.94 bits per heavy atom. The van der Waals surface area contributed by atoms with Gasteiger partial charge in [-0.15, -0.1) is 11.3 Å². The number of fused-ring (bicyclic) bond motifs is 3. The third-order valence-corrected chi connectivity index (χ3v) is 6.76. The molecule has 1 aromatic heterocycles. The Morgan fingerprint density at radius 3 is 2.61 bits per heavy atom. The summed E-state index contributed by atoms with van der Waals surface area (Å²) in [6.45, 7) is 2.37. The summed E-state index contributed by atoms with van der Waals surface area (Å²) in [5.74, 6) is 0. The number of hydrogen-bond acceptors (Lipinski definition) is 2. The summed E-state index contributed by atoms with van der Waals surface area (Å²) in [4.78, 5) is 4.95. The molecule has 2 saturated carbocycles. The van der Waals surface area contributed by atoms with E-state index in [9.17, 15) is 0 Å². The molecule has 0 spiro atoms. The lowest BCUT2D eigenvalue weighted by Crippen LogP contribution is -2.18. The van der Waals surface area contributed by atoms with Gasteiger partial charge in [0.15, 0.2) is 0 Å². The largest absolute Gasteiger partial charge is 0.241 e. The van der Waals surface area contributed by atoms with Crippen molar-refractivity contribution in [2.75, 3.05) is 0 Å². The van der Waals surface area contributed by atoms with Crippen LogP contribution in [-0.2, 0) is 5.41 Å². The summed E-state index contributed by atoms with van der Waals surface area (Å²) in [5, 5.41) is 1.43. The summed E-state index contributed by atoms with van der Waals surface area (Å²) in [7, 11) is 0. The monoisotopic (exact) mass is 257 g/mol. The van der Waals surface area contributed by atoms with Crippen molar-refractivity contribution >= 4 is 21.6 Å².